The molecule has 0 atom stereocenters. The Balaban J connectivity index is 0.00000166. The number of hydrogen-bond donors (Lipinski definition) is 3. The Kier molecular flexibility index (Phi) is 8.80. The van der Waals surface area contributed by atoms with Crippen molar-refractivity contribution in [1.29, 1.82) is 0 Å². The highest BCUT2D eigenvalue weighted by atomic mass is 16.5. The van der Waals surface area contributed by atoms with Crippen LogP contribution in [0.15, 0.2) is 55.2 Å². The number of pyridine rings is 1. The first-order chi connectivity index (χ1) is 15.0. The van der Waals surface area contributed by atoms with Gasteiger partial charge in [0.25, 0.3) is 5.91 Å². The molecule has 9 nitrogen and oxygen atoms in total. The van der Waals surface area contributed by atoms with E-state index in [0.717, 1.165) is 11.3 Å². The van der Waals surface area contributed by atoms with Crippen molar-refractivity contribution in [2.24, 2.45) is 11.5 Å². The Bertz CT molecular complexity index is 922. The first-order valence-corrected chi connectivity index (χ1v) is 10.3. The summed E-state index contributed by atoms with van der Waals surface area (Å²) in [6.45, 7) is 9.45. The summed E-state index contributed by atoms with van der Waals surface area (Å²) in [5.41, 5.74) is 13.2. The van der Waals surface area contributed by atoms with Crippen LogP contribution in [0.5, 0.6) is 5.75 Å². The van der Waals surface area contributed by atoms with Gasteiger partial charge in [-0.25, -0.2) is 9.97 Å². The molecular formula is C22H31N7O2. The molecule has 0 radical (unpaired) electrons. The molecule has 2 aromatic rings. The van der Waals surface area contributed by atoms with Crippen molar-refractivity contribution in [2.75, 3.05) is 18.0 Å². The number of nitrogens with zero attached hydrogens (tertiary/aromatic N) is 4. The van der Waals surface area contributed by atoms with Gasteiger partial charge in [0.15, 0.2) is 5.69 Å². The number of aromatic nitrogens is 3. The monoisotopic (exact) mass is 425 g/mol. The molecule has 0 aromatic carbocycles. The molecule has 1 saturated heterocycles. The molecule has 3 heterocycles. The molecular weight excluding hydrogens is 394 g/mol. The number of hydrogen-bond acceptors (Lipinski definition) is 8. The van der Waals surface area contributed by atoms with Crippen molar-refractivity contribution in [3.63, 3.8) is 0 Å². The molecule has 166 valence electrons. The van der Waals surface area contributed by atoms with Crippen LogP contribution in [0.1, 0.15) is 49.7 Å². The van der Waals surface area contributed by atoms with Gasteiger partial charge in [-0.15, -0.1) is 0 Å². The van der Waals surface area contributed by atoms with Crippen LogP contribution in [-0.4, -0.2) is 40.1 Å². The van der Waals surface area contributed by atoms with E-state index in [1.54, 1.807) is 12.4 Å². The summed E-state index contributed by atoms with van der Waals surface area (Å²) in [5, 5.41) is 2.67. The van der Waals surface area contributed by atoms with Crippen molar-refractivity contribution in [2.45, 2.75) is 39.7 Å². The maximum atomic E-state index is 12.6. The smallest absolute Gasteiger partial charge is 0.276 e. The van der Waals surface area contributed by atoms with Gasteiger partial charge in [-0.05, 0) is 29.8 Å². The second kappa shape index (κ2) is 11.5. The SMILES string of the molecule is CC.CC(C)c1cncc(OC2CN(c3cncnc3C(=O)NC(/C=C\N)=C/N)C2)c1. The van der Waals surface area contributed by atoms with Crippen LogP contribution in [0.2, 0.25) is 0 Å². The van der Waals surface area contributed by atoms with Crippen LogP contribution in [0.3, 0.4) is 0 Å². The molecule has 1 amide bonds. The van der Waals surface area contributed by atoms with Gasteiger partial charge >= 0.3 is 0 Å². The van der Waals surface area contributed by atoms with Gasteiger partial charge in [-0.1, -0.05) is 27.7 Å². The minimum Gasteiger partial charge on any atom is -0.485 e. The van der Waals surface area contributed by atoms with E-state index < -0.39 is 5.91 Å². The van der Waals surface area contributed by atoms with Gasteiger partial charge in [-0.3, -0.25) is 9.78 Å². The van der Waals surface area contributed by atoms with Gasteiger partial charge in [0, 0.05) is 12.4 Å². The van der Waals surface area contributed by atoms with Crippen molar-refractivity contribution in [3.05, 3.63) is 66.4 Å². The number of ether oxygens (including phenoxy) is 1. The summed E-state index contributed by atoms with van der Waals surface area (Å²) in [6, 6.07) is 2.01. The number of allylic oxidation sites excluding steroid dienone is 1. The van der Waals surface area contributed by atoms with Gasteiger partial charge < -0.3 is 26.4 Å². The summed E-state index contributed by atoms with van der Waals surface area (Å²) in [6.07, 6.45) is 10.5. The van der Waals surface area contributed by atoms with Gasteiger partial charge in [0.1, 0.15) is 18.2 Å². The molecule has 0 spiro atoms. The molecule has 1 fully saturated rings. The van der Waals surface area contributed by atoms with E-state index in [1.165, 1.54) is 24.8 Å². The molecule has 2 aromatic heterocycles. The molecule has 31 heavy (non-hydrogen) atoms. The number of rotatable bonds is 7. The number of carbonyl (C=O) groups excluding carboxylic acids is 1. The first kappa shape index (κ1) is 23.7. The molecule has 1 aliphatic heterocycles. The largest absolute Gasteiger partial charge is 0.485 e. The summed E-state index contributed by atoms with van der Waals surface area (Å²) in [4.78, 5) is 27.0. The Morgan fingerprint density at radius 3 is 2.61 bits per heavy atom. The lowest BCUT2D eigenvalue weighted by Gasteiger charge is -2.40. The Morgan fingerprint density at radius 2 is 1.97 bits per heavy atom. The van der Waals surface area contributed by atoms with E-state index in [0.29, 0.717) is 30.4 Å². The number of carbonyl (C=O) groups is 1. The van der Waals surface area contributed by atoms with E-state index in [9.17, 15) is 4.79 Å². The van der Waals surface area contributed by atoms with Crippen molar-refractivity contribution in [1.82, 2.24) is 20.3 Å². The highest BCUT2D eigenvalue weighted by Gasteiger charge is 2.32. The molecule has 1 aliphatic rings. The van der Waals surface area contributed by atoms with Crippen LogP contribution in [0, 0.1) is 0 Å². The topological polar surface area (TPSA) is 132 Å². The standard InChI is InChI=1S/C20H25N7O2.C2H6/c1-13(2)14-5-16(8-23-7-14)29-17-10-27(11-17)18-9-24-12-25-19(18)20(28)26-15(6-22)3-4-21;1-2/h3-9,12-13,17H,10-11,21-22H2,1-2H3,(H,26,28);1-2H3/b4-3-,15-6+;. The van der Waals surface area contributed by atoms with Gasteiger partial charge in [-0.2, -0.15) is 0 Å². The summed E-state index contributed by atoms with van der Waals surface area (Å²) < 4.78 is 6.01. The molecule has 0 aliphatic carbocycles. The molecule has 0 bridgehead atoms. The zero-order chi connectivity index (χ0) is 22.8. The third-order valence-electron chi connectivity index (χ3n) is 4.51. The number of anilines is 1. The second-order valence-corrected chi connectivity index (χ2v) is 6.95. The maximum Gasteiger partial charge on any atom is 0.276 e. The van der Waals surface area contributed by atoms with E-state index in [2.05, 4.69) is 34.1 Å². The quantitative estimate of drug-likeness (QED) is 0.576. The lowest BCUT2D eigenvalue weighted by molar-refractivity contribution is 0.0961. The minimum atomic E-state index is -0.393. The number of nitrogens with two attached hydrogens (primary N) is 2. The minimum absolute atomic E-state index is 0.00463. The second-order valence-electron chi connectivity index (χ2n) is 6.95. The fraction of sp³-hybridized carbons (Fsp3) is 0.364. The third kappa shape index (κ3) is 6.18. The zero-order valence-electron chi connectivity index (χ0n) is 18.4. The fourth-order valence-electron chi connectivity index (χ4n) is 2.88. The highest BCUT2D eigenvalue weighted by Crippen LogP contribution is 2.27. The van der Waals surface area contributed by atoms with Crippen LogP contribution in [-0.2, 0) is 0 Å². The summed E-state index contributed by atoms with van der Waals surface area (Å²) in [7, 11) is 0. The van der Waals surface area contributed by atoms with Crippen LogP contribution < -0.4 is 26.4 Å². The average molecular weight is 426 g/mol. The van der Waals surface area contributed by atoms with Crippen LogP contribution in [0.4, 0.5) is 5.69 Å². The third-order valence-corrected chi connectivity index (χ3v) is 4.51. The van der Waals surface area contributed by atoms with Gasteiger partial charge in [0.05, 0.1) is 36.9 Å². The van der Waals surface area contributed by atoms with Crippen molar-refractivity contribution < 1.29 is 9.53 Å². The van der Waals surface area contributed by atoms with E-state index in [-0.39, 0.29) is 11.8 Å². The fourth-order valence-corrected chi connectivity index (χ4v) is 2.88. The summed E-state index contributed by atoms with van der Waals surface area (Å²) >= 11 is 0. The van der Waals surface area contributed by atoms with Crippen LogP contribution >= 0.6 is 0 Å². The lowest BCUT2D eigenvalue weighted by Crippen LogP contribution is -2.54. The predicted octanol–water partition coefficient (Wildman–Crippen LogP) is 2.29. The Labute approximate surface area is 183 Å². The Morgan fingerprint density at radius 1 is 1.23 bits per heavy atom. The molecule has 0 saturated carbocycles. The number of amides is 1. The van der Waals surface area contributed by atoms with Gasteiger partial charge in [0.2, 0.25) is 0 Å². The zero-order valence-corrected chi connectivity index (χ0v) is 18.4. The Hall–Kier alpha value is -3.62. The van der Waals surface area contributed by atoms with E-state index in [4.69, 9.17) is 16.2 Å². The highest BCUT2D eigenvalue weighted by molar-refractivity contribution is 5.98. The molecule has 3 rings (SSSR count). The molecule has 5 N–H and O–H groups in total. The number of nitrogens with one attached hydrogen (secondary N) is 1. The summed E-state index contributed by atoms with van der Waals surface area (Å²) in [5.74, 6) is 0.734. The molecule has 9 heteroatoms. The van der Waals surface area contributed by atoms with E-state index in [1.807, 2.05) is 31.0 Å². The lowest BCUT2D eigenvalue weighted by atomic mass is 10.1. The molecule has 0 unspecified atom stereocenters. The van der Waals surface area contributed by atoms with E-state index >= 15 is 0 Å². The average Bonchev–Trinajstić information content (AvgIpc) is 2.77. The maximum absolute atomic E-state index is 12.6. The van der Waals surface area contributed by atoms with Crippen LogP contribution in [0.25, 0.3) is 0 Å². The predicted molar refractivity (Wildman–Crippen MR) is 121 cm³/mol. The van der Waals surface area contributed by atoms with Crippen molar-refractivity contribution in [3.8, 4) is 5.75 Å². The van der Waals surface area contributed by atoms with Crippen molar-refractivity contribution >= 4 is 11.6 Å². The first-order valence-electron chi connectivity index (χ1n) is 10.3. The normalized spacial score (nSPS) is 14.1.